The van der Waals surface area contributed by atoms with E-state index in [0.29, 0.717) is 11.5 Å². The zero-order valence-electron chi connectivity index (χ0n) is 16.1. The van der Waals surface area contributed by atoms with E-state index in [4.69, 9.17) is 9.26 Å². The van der Waals surface area contributed by atoms with E-state index in [1.165, 1.54) is 0 Å². The average molecular weight is 402 g/mol. The predicted molar refractivity (Wildman–Crippen MR) is 109 cm³/mol. The molecule has 150 valence electrons. The fraction of sp³-hybridized carbons (Fsp3) is 0.0909. The number of aromatic nitrogens is 3. The van der Waals surface area contributed by atoms with Gasteiger partial charge >= 0.3 is 5.97 Å². The Balaban J connectivity index is 1.55. The van der Waals surface area contributed by atoms with Crippen molar-refractivity contribution in [2.45, 2.75) is 6.92 Å². The van der Waals surface area contributed by atoms with Crippen molar-refractivity contribution >= 4 is 17.7 Å². The molecule has 4 rings (SSSR count). The van der Waals surface area contributed by atoms with Crippen molar-refractivity contribution in [3.05, 3.63) is 84.3 Å². The number of carbonyl (C=O) groups is 2. The summed E-state index contributed by atoms with van der Waals surface area (Å²) in [5.41, 5.74) is 2.29. The van der Waals surface area contributed by atoms with Gasteiger partial charge in [-0.2, -0.15) is 5.10 Å². The number of benzene rings is 2. The Labute approximate surface area is 172 Å². The first-order valence-electron chi connectivity index (χ1n) is 9.21. The topological polar surface area (TPSA) is 99.2 Å². The number of nitrogens with one attached hydrogen (secondary N) is 1. The summed E-state index contributed by atoms with van der Waals surface area (Å²) in [5.74, 6) is -0.352. The van der Waals surface area contributed by atoms with Crippen LogP contribution in [0.3, 0.4) is 0 Å². The minimum atomic E-state index is -0.650. The molecule has 0 bridgehead atoms. The smallest absolute Gasteiger partial charge is 0.342 e. The summed E-state index contributed by atoms with van der Waals surface area (Å²) in [6.07, 6.45) is 1.60. The lowest BCUT2D eigenvalue weighted by atomic mass is 10.1. The Morgan fingerprint density at radius 2 is 1.77 bits per heavy atom. The van der Waals surface area contributed by atoms with Gasteiger partial charge in [-0.3, -0.25) is 4.79 Å². The van der Waals surface area contributed by atoms with Gasteiger partial charge in [0.25, 0.3) is 5.91 Å². The molecule has 4 aromatic rings. The first-order chi connectivity index (χ1) is 14.6. The summed E-state index contributed by atoms with van der Waals surface area (Å²) in [6.45, 7) is 1.24. The molecule has 0 unspecified atom stereocenters. The summed E-state index contributed by atoms with van der Waals surface area (Å²) < 4.78 is 11.7. The normalized spacial score (nSPS) is 10.6. The Hall–Kier alpha value is -4.20. The number of aryl methyl sites for hydroxylation is 1. The van der Waals surface area contributed by atoms with E-state index >= 15 is 0 Å². The van der Waals surface area contributed by atoms with Gasteiger partial charge in [0, 0.05) is 17.8 Å². The molecule has 30 heavy (non-hydrogen) atoms. The third kappa shape index (κ3) is 4.27. The highest BCUT2D eigenvalue weighted by Crippen LogP contribution is 2.24. The zero-order chi connectivity index (χ0) is 20.9. The van der Waals surface area contributed by atoms with Gasteiger partial charge in [0.2, 0.25) is 0 Å². The maximum atomic E-state index is 12.8. The van der Waals surface area contributed by atoms with E-state index in [-0.39, 0.29) is 11.4 Å². The lowest BCUT2D eigenvalue weighted by Crippen LogP contribution is -2.21. The quantitative estimate of drug-likeness (QED) is 0.495. The molecule has 0 radical (unpaired) electrons. The van der Waals surface area contributed by atoms with E-state index in [9.17, 15) is 9.59 Å². The summed E-state index contributed by atoms with van der Waals surface area (Å²) in [5, 5.41) is 10.7. The first kappa shape index (κ1) is 19.1. The molecule has 0 saturated heterocycles. The van der Waals surface area contributed by atoms with Crippen molar-refractivity contribution < 1.29 is 18.8 Å². The standard InChI is InChI=1S/C22H18N4O4/c1-15-12-19(25-30-15)23-20(27)14-29-22(28)18-13-26(17-10-6-3-7-11-17)24-21(18)16-8-4-2-5-9-16/h2-13H,14H2,1H3,(H,23,25,27). The average Bonchev–Trinajstić information content (AvgIpc) is 3.40. The lowest BCUT2D eigenvalue weighted by Gasteiger charge is -2.05. The van der Waals surface area contributed by atoms with Gasteiger partial charge in [-0.25, -0.2) is 9.48 Å². The molecule has 0 aliphatic carbocycles. The van der Waals surface area contributed by atoms with Crippen LogP contribution in [0.4, 0.5) is 5.82 Å². The predicted octanol–water partition coefficient (Wildman–Crippen LogP) is 3.63. The Morgan fingerprint density at radius 3 is 2.43 bits per heavy atom. The lowest BCUT2D eigenvalue weighted by molar-refractivity contribution is -0.119. The van der Waals surface area contributed by atoms with Crippen molar-refractivity contribution in [1.29, 1.82) is 0 Å². The highest BCUT2D eigenvalue weighted by atomic mass is 16.5. The van der Waals surface area contributed by atoms with E-state index in [2.05, 4.69) is 15.6 Å². The molecule has 1 N–H and O–H groups in total. The molecule has 2 aromatic heterocycles. The van der Waals surface area contributed by atoms with Gasteiger partial charge < -0.3 is 14.6 Å². The molecule has 1 amide bonds. The number of carbonyl (C=O) groups excluding carboxylic acids is 2. The zero-order valence-corrected chi connectivity index (χ0v) is 16.1. The number of rotatable bonds is 6. The second kappa shape index (κ2) is 8.44. The number of nitrogens with zero attached hydrogens (tertiary/aromatic N) is 3. The van der Waals surface area contributed by atoms with Gasteiger partial charge in [0.15, 0.2) is 12.4 Å². The van der Waals surface area contributed by atoms with Crippen LogP contribution in [0.5, 0.6) is 0 Å². The van der Waals surface area contributed by atoms with Crippen LogP contribution in [0.25, 0.3) is 16.9 Å². The number of anilines is 1. The van der Waals surface area contributed by atoms with Crippen molar-refractivity contribution in [3.63, 3.8) is 0 Å². The summed E-state index contributed by atoms with van der Waals surface area (Å²) in [6, 6.07) is 20.3. The Morgan fingerprint density at radius 1 is 1.07 bits per heavy atom. The molecule has 0 saturated carbocycles. The van der Waals surface area contributed by atoms with Gasteiger partial charge in [-0.05, 0) is 19.1 Å². The Bertz CT molecular complexity index is 1170. The molecule has 0 atom stereocenters. The molecule has 0 spiro atoms. The molecular weight excluding hydrogens is 384 g/mol. The first-order valence-corrected chi connectivity index (χ1v) is 9.21. The third-order valence-electron chi connectivity index (χ3n) is 4.23. The summed E-state index contributed by atoms with van der Waals surface area (Å²) >= 11 is 0. The number of ether oxygens (including phenoxy) is 1. The summed E-state index contributed by atoms with van der Waals surface area (Å²) in [4.78, 5) is 24.8. The van der Waals surface area contributed by atoms with Crippen LogP contribution in [0.2, 0.25) is 0 Å². The number of hydrogen-bond donors (Lipinski definition) is 1. The van der Waals surface area contributed by atoms with Crippen LogP contribution in [-0.2, 0) is 9.53 Å². The van der Waals surface area contributed by atoms with Crippen LogP contribution < -0.4 is 5.32 Å². The molecular formula is C22H18N4O4. The van der Waals surface area contributed by atoms with Crippen molar-refractivity contribution in [2.75, 3.05) is 11.9 Å². The number of para-hydroxylation sites is 1. The van der Waals surface area contributed by atoms with Gasteiger partial charge in [-0.15, -0.1) is 0 Å². The van der Waals surface area contributed by atoms with E-state index in [0.717, 1.165) is 11.3 Å². The number of amides is 1. The van der Waals surface area contributed by atoms with Crippen LogP contribution in [0, 0.1) is 6.92 Å². The van der Waals surface area contributed by atoms with E-state index in [1.807, 2.05) is 60.7 Å². The van der Waals surface area contributed by atoms with Crippen molar-refractivity contribution in [1.82, 2.24) is 14.9 Å². The van der Waals surface area contributed by atoms with Gasteiger partial charge in [0.05, 0.1) is 5.69 Å². The van der Waals surface area contributed by atoms with Crippen LogP contribution in [0.15, 0.2) is 77.4 Å². The van der Waals surface area contributed by atoms with E-state index in [1.54, 1.807) is 23.9 Å². The molecule has 0 aliphatic heterocycles. The maximum absolute atomic E-state index is 12.8. The minimum Gasteiger partial charge on any atom is -0.452 e. The molecule has 2 heterocycles. The molecule has 8 nitrogen and oxygen atoms in total. The van der Waals surface area contributed by atoms with Gasteiger partial charge in [-0.1, -0.05) is 53.7 Å². The van der Waals surface area contributed by atoms with Crippen LogP contribution in [-0.4, -0.2) is 33.4 Å². The largest absolute Gasteiger partial charge is 0.452 e. The number of hydrogen-bond acceptors (Lipinski definition) is 6. The van der Waals surface area contributed by atoms with Crippen LogP contribution >= 0.6 is 0 Å². The van der Waals surface area contributed by atoms with Crippen LogP contribution in [0.1, 0.15) is 16.1 Å². The third-order valence-corrected chi connectivity index (χ3v) is 4.23. The molecule has 8 heteroatoms. The maximum Gasteiger partial charge on any atom is 0.342 e. The SMILES string of the molecule is Cc1cc(NC(=O)COC(=O)c2cn(-c3ccccc3)nc2-c2ccccc2)no1. The van der Waals surface area contributed by atoms with E-state index < -0.39 is 18.5 Å². The highest BCUT2D eigenvalue weighted by Gasteiger charge is 2.21. The van der Waals surface area contributed by atoms with Gasteiger partial charge in [0.1, 0.15) is 17.0 Å². The Kier molecular flexibility index (Phi) is 5.38. The van der Waals surface area contributed by atoms with Crippen molar-refractivity contribution in [3.8, 4) is 16.9 Å². The van der Waals surface area contributed by atoms with Crippen molar-refractivity contribution in [2.24, 2.45) is 0 Å². The molecule has 2 aromatic carbocycles. The second-order valence-electron chi connectivity index (χ2n) is 6.48. The monoisotopic (exact) mass is 402 g/mol. The molecule has 0 aliphatic rings. The fourth-order valence-electron chi connectivity index (χ4n) is 2.86. The fourth-order valence-corrected chi connectivity index (χ4v) is 2.86. The summed E-state index contributed by atoms with van der Waals surface area (Å²) in [7, 11) is 0. The minimum absolute atomic E-state index is 0.259. The molecule has 0 fully saturated rings. The number of esters is 1. The highest BCUT2D eigenvalue weighted by molar-refractivity contribution is 5.98. The second-order valence-corrected chi connectivity index (χ2v) is 6.48.